The van der Waals surface area contributed by atoms with Gasteiger partial charge in [0.2, 0.25) is 0 Å². The molecule has 0 aliphatic carbocycles. The Morgan fingerprint density at radius 2 is 1.95 bits per heavy atom. The van der Waals surface area contributed by atoms with Crippen molar-refractivity contribution in [1.29, 1.82) is 0 Å². The van der Waals surface area contributed by atoms with Crippen molar-refractivity contribution in [2.75, 3.05) is 11.5 Å². The van der Waals surface area contributed by atoms with Gasteiger partial charge in [0.05, 0.1) is 5.69 Å². The highest BCUT2D eigenvalue weighted by Crippen LogP contribution is 2.23. The average molecular weight is 272 g/mol. The average Bonchev–Trinajstić information content (AvgIpc) is 2.40. The Morgan fingerprint density at radius 3 is 2.65 bits per heavy atom. The molecule has 0 fully saturated rings. The predicted molar refractivity (Wildman–Crippen MR) is 76.3 cm³/mol. The van der Waals surface area contributed by atoms with Crippen LogP contribution in [0.3, 0.4) is 0 Å². The molecule has 0 radical (unpaired) electrons. The summed E-state index contributed by atoms with van der Waals surface area (Å²) in [6.45, 7) is 0. The standard InChI is InChI=1S/C15H13FN2O2/c16-11-3-1-2-10(8-11)4-7-15(19)20-14-6-5-12(17)9-13(14)18/h1-9H,17-18H2. The highest BCUT2D eigenvalue weighted by Gasteiger charge is 2.05. The number of hydrogen-bond donors (Lipinski definition) is 2. The Morgan fingerprint density at radius 1 is 1.15 bits per heavy atom. The molecule has 4 nitrogen and oxygen atoms in total. The quantitative estimate of drug-likeness (QED) is 0.389. The van der Waals surface area contributed by atoms with Crippen LogP contribution in [0.25, 0.3) is 6.08 Å². The van der Waals surface area contributed by atoms with E-state index in [9.17, 15) is 9.18 Å². The van der Waals surface area contributed by atoms with Crippen molar-refractivity contribution in [3.8, 4) is 5.75 Å². The van der Waals surface area contributed by atoms with E-state index in [0.29, 0.717) is 11.3 Å². The summed E-state index contributed by atoms with van der Waals surface area (Å²) < 4.78 is 18.0. The Bertz CT molecular complexity index is 669. The van der Waals surface area contributed by atoms with Crippen LogP contribution < -0.4 is 16.2 Å². The summed E-state index contributed by atoms with van der Waals surface area (Å²) in [6, 6.07) is 10.4. The van der Waals surface area contributed by atoms with Gasteiger partial charge >= 0.3 is 5.97 Å². The predicted octanol–water partition coefficient (Wildman–Crippen LogP) is 2.61. The fourth-order valence-electron chi connectivity index (χ4n) is 1.58. The van der Waals surface area contributed by atoms with E-state index in [2.05, 4.69) is 0 Å². The number of benzene rings is 2. The first-order valence-electron chi connectivity index (χ1n) is 5.85. The number of hydrogen-bond acceptors (Lipinski definition) is 4. The highest BCUT2D eigenvalue weighted by atomic mass is 19.1. The van der Waals surface area contributed by atoms with Crippen LogP contribution in [0.4, 0.5) is 15.8 Å². The van der Waals surface area contributed by atoms with E-state index in [-0.39, 0.29) is 17.3 Å². The minimum absolute atomic E-state index is 0.230. The van der Waals surface area contributed by atoms with Crippen LogP contribution in [-0.4, -0.2) is 5.97 Å². The van der Waals surface area contributed by atoms with Crippen LogP contribution in [0, 0.1) is 5.82 Å². The second-order valence-electron chi connectivity index (χ2n) is 4.11. The normalized spacial score (nSPS) is 10.7. The number of nitrogen functional groups attached to an aromatic ring is 2. The summed E-state index contributed by atoms with van der Waals surface area (Å²) in [5, 5.41) is 0. The van der Waals surface area contributed by atoms with Crippen molar-refractivity contribution in [3.05, 3.63) is 59.9 Å². The van der Waals surface area contributed by atoms with Crippen LogP contribution in [-0.2, 0) is 4.79 Å². The van der Waals surface area contributed by atoms with E-state index in [4.69, 9.17) is 16.2 Å². The maximum atomic E-state index is 13.0. The number of esters is 1. The molecule has 5 heteroatoms. The summed E-state index contributed by atoms with van der Waals surface area (Å²) in [6.07, 6.45) is 2.66. The van der Waals surface area contributed by atoms with Gasteiger partial charge in [-0.25, -0.2) is 9.18 Å². The zero-order valence-corrected chi connectivity index (χ0v) is 10.5. The number of nitrogens with two attached hydrogens (primary N) is 2. The molecular weight excluding hydrogens is 259 g/mol. The summed E-state index contributed by atoms with van der Waals surface area (Å²) in [4.78, 5) is 11.6. The number of carbonyl (C=O) groups excluding carboxylic acids is 1. The molecule has 2 aromatic rings. The zero-order chi connectivity index (χ0) is 14.5. The maximum absolute atomic E-state index is 13.0. The Hall–Kier alpha value is -2.82. The lowest BCUT2D eigenvalue weighted by Crippen LogP contribution is -2.06. The van der Waals surface area contributed by atoms with E-state index < -0.39 is 5.97 Å². The Kier molecular flexibility index (Phi) is 4.00. The molecule has 2 aromatic carbocycles. The van der Waals surface area contributed by atoms with Crippen molar-refractivity contribution < 1.29 is 13.9 Å². The lowest BCUT2D eigenvalue weighted by Gasteiger charge is -2.05. The summed E-state index contributed by atoms with van der Waals surface area (Å²) >= 11 is 0. The molecule has 0 spiro atoms. The van der Waals surface area contributed by atoms with Crippen LogP contribution in [0.5, 0.6) is 5.75 Å². The van der Waals surface area contributed by atoms with Gasteiger partial charge in [-0.3, -0.25) is 0 Å². The first-order chi connectivity index (χ1) is 9.54. The molecule has 0 saturated carbocycles. The van der Waals surface area contributed by atoms with Gasteiger partial charge < -0.3 is 16.2 Å². The second-order valence-corrected chi connectivity index (χ2v) is 4.11. The third kappa shape index (κ3) is 3.58. The molecule has 102 valence electrons. The zero-order valence-electron chi connectivity index (χ0n) is 10.5. The van der Waals surface area contributed by atoms with E-state index >= 15 is 0 Å². The highest BCUT2D eigenvalue weighted by molar-refractivity contribution is 5.89. The molecule has 0 bridgehead atoms. The fourth-order valence-corrected chi connectivity index (χ4v) is 1.58. The van der Waals surface area contributed by atoms with Crippen LogP contribution in [0.15, 0.2) is 48.5 Å². The van der Waals surface area contributed by atoms with Crippen molar-refractivity contribution in [1.82, 2.24) is 0 Å². The molecule has 0 aliphatic heterocycles. The van der Waals surface area contributed by atoms with Crippen LogP contribution >= 0.6 is 0 Å². The van der Waals surface area contributed by atoms with Crippen LogP contribution in [0.2, 0.25) is 0 Å². The molecule has 0 saturated heterocycles. The Balaban J connectivity index is 2.05. The number of carbonyl (C=O) groups is 1. The summed E-state index contributed by atoms with van der Waals surface area (Å²) in [5.74, 6) is -0.748. The maximum Gasteiger partial charge on any atom is 0.336 e. The smallest absolute Gasteiger partial charge is 0.336 e. The lowest BCUT2D eigenvalue weighted by molar-refractivity contribution is -0.128. The van der Waals surface area contributed by atoms with E-state index in [1.54, 1.807) is 18.2 Å². The largest absolute Gasteiger partial charge is 0.421 e. The van der Waals surface area contributed by atoms with Crippen molar-refractivity contribution in [3.63, 3.8) is 0 Å². The fraction of sp³-hybridized carbons (Fsp3) is 0. The summed E-state index contributed by atoms with van der Waals surface area (Å²) in [5.41, 5.74) is 12.5. The molecular formula is C15H13FN2O2. The topological polar surface area (TPSA) is 78.3 Å². The Labute approximate surface area is 115 Å². The lowest BCUT2D eigenvalue weighted by atomic mass is 10.2. The van der Waals surface area contributed by atoms with Crippen molar-refractivity contribution >= 4 is 23.4 Å². The molecule has 0 aliphatic rings. The van der Waals surface area contributed by atoms with Gasteiger partial charge in [-0.1, -0.05) is 12.1 Å². The molecule has 0 atom stereocenters. The van der Waals surface area contributed by atoms with Gasteiger partial charge in [-0.05, 0) is 42.0 Å². The minimum atomic E-state index is -0.606. The van der Waals surface area contributed by atoms with Gasteiger partial charge in [0.25, 0.3) is 0 Å². The number of ether oxygens (including phenoxy) is 1. The van der Waals surface area contributed by atoms with Gasteiger partial charge in [-0.2, -0.15) is 0 Å². The first kappa shape index (κ1) is 13.6. The van der Waals surface area contributed by atoms with E-state index in [1.165, 1.54) is 36.4 Å². The second kappa shape index (κ2) is 5.88. The first-order valence-corrected chi connectivity index (χ1v) is 5.85. The number of rotatable bonds is 3. The van der Waals surface area contributed by atoms with E-state index in [1.807, 2.05) is 0 Å². The molecule has 2 rings (SSSR count). The molecule has 4 N–H and O–H groups in total. The molecule has 0 aromatic heterocycles. The SMILES string of the molecule is Nc1ccc(OC(=O)C=Cc2cccc(F)c2)c(N)c1. The molecule has 20 heavy (non-hydrogen) atoms. The van der Waals surface area contributed by atoms with Crippen molar-refractivity contribution in [2.24, 2.45) is 0 Å². The van der Waals surface area contributed by atoms with Gasteiger partial charge in [-0.15, -0.1) is 0 Å². The van der Waals surface area contributed by atoms with Gasteiger partial charge in [0, 0.05) is 11.8 Å². The molecule has 0 amide bonds. The minimum Gasteiger partial charge on any atom is -0.421 e. The number of halogens is 1. The molecule has 0 heterocycles. The third-order valence-corrected chi connectivity index (χ3v) is 2.50. The van der Waals surface area contributed by atoms with Gasteiger partial charge in [0.1, 0.15) is 5.82 Å². The van der Waals surface area contributed by atoms with Gasteiger partial charge in [0.15, 0.2) is 5.75 Å². The van der Waals surface area contributed by atoms with Crippen LogP contribution in [0.1, 0.15) is 5.56 Å². The number of anilines is 2. The summed E-state index contributed by atoms with van der Waals surface area (Å²) in [7, 11) is 0. The van der Waals surface area contributed by atoms with E-state index in [0.717, 1.165) is 0 Å². The molecule has 0 unspecified atom stereocenters. The monoisotopic (exact) mass is 272 g/mol. The third-order valence-electron chi connectivity index (χ3n) is 2.50. The van der Waals surface area contributed by atoms with Crippen molar-refractivity contribution in [2.45, 2.75) is 0 Å².